The van der Waals surface area contributed by atoms with Crippen LogP contribution < -0.4 is 20.5 Å². The first-order valence-electron chi connectivity index (χ1n) is 8.35. The molecule has 2 aromatic carbocycles. The average Bonchev–Trinajstić information content (AvgIpc) is 2.67. The van der Waals surface area contributed by atoms with E-state index in [4.69, 9.17) is 10.5 Å². The van der Waals surface area contributed by atoms with Gasteiger partial charge in [0.2, 0.25) is 10.0 Å². The molecule has 1 unspecified atom stereocenters. The fourth-order valence-electron chi connectivity index (χ4n) is 2.27. The van der Waals surface area contributed by atoms with Gasteiger partial charge < -0.3 is 20.9 Å². The molecule has 0 bridgehead atoms. The van der Waals surface area contributed by atoms with Crippen LogP contribution in [0.25, 0.3) is 0 Å². The van der Waals surface area contributed by atoms with Gasteiger partial charge in [-0.2, -0.15) is 0 Å². The van der Waals surface area contributed by atoms with Crippen molar-refractivity contribution >= 4 is 15.9 Å². The highest BCUT2D eigenvalue weighted by Crippen LogP contribution is 2.17. The average molecular weight is 393 g/mol. The number of amides is 1. The highest BCUT2D eigenvalue weighted by atomic mass is 32.2. The van der Waals surface area contributed by atoms with E-state index < -0.39 is 22.0 Å². The first-order valence-corrected chi connectivity index (χ1v) is 9.83. The van der Waals surface area contributed by atoms with Crippen LogP contribution >= 0.6 is 0 Å². The largest absolute Gasteiger partial charge is 0.490 e. The van der Waals surface area contributed by atoms with E-state index in [1.807, 2.05) is 0 Å². The van der Waals surface area contributed by atoms with Crippen molar-refractivity contribution in [2.24, 2.45) is 5.73 Å². The number of hydrogen-bond donors (Lipinski definition) is 4. The second kappa shape index (κ2) is 10.0. The minimum atomic E-state index is -3.54. The minimum Gasteiger partial charge on any atom is -0.490 e. The predicted molar refractivity (Wildman–Crippen MR) is 101 cm³/mol. The monoisotopic (exact) mass is 393 g/mol. The Balaban J connectivity index is 1.68. The molecule has 2 rings (SSSR count). The normalized spacial score (nSPS) is 12.5. The Morgan fingerprint density at radius 1 is 1.07 bits per heavy atom. The summed E-state index contributed by atoms with van der Waals surface area (Å²) in [7, 11) is -3.54. The lowest BCUT2D eigenvalue weighted by molar-refractivity contribution is 0.0964. The Morgan fingerprint density at radius 2 is 1.74 bits per heavy atom. The molecule has 5 N–H and O–H groups in total. The van der Waals surface area contributed by atoms with Gasteiger partial charge >= 0.3 is 0 Å². The second-order valence-electron chi connectivity index (χ2n) is 5.74. The molecule has 9 heteroatoms. The van der Waals surface area contributed by atoms with Crippen molar-refractivity contribution in [3.63, 3.8) is 0 Å². The molecule has 0 radical (unpaired) electrons. The number of nitrogens with two attached hydrogens (primary N) is 1. The molecular formula is C18H23N3O5S. The Labute approximate surface area is 158 Å². The van der Waals surface area contributed by atoms with Gasteiger partial charge in [-0.1, -0.05) is 30.3 Å². The summed E-state index contributed by atoms with van der Waals surface area (Å²) in [5, 5.41) is 12.9. The number of para-hydroxylation sites is 1. The lowest BCUT2D eigenvalue weighted by Gasteiger charge is -2.15. The van der Waals surface area contributed by atoms with Crippen LogP contribution in [0.3, 0.4) is 0 Å². The Kier molecular flexibility index (Phi) is 7.74. The van der Waals surface area contributed by atoms with Gasteiger partial charge in [0.25, 0.3) is 5.91 Å². The maximum Gasteiger partial charge on any atom is 0.252 e. The SMILES string of the molecule is NC(=O)c1ccccc1OCC(O)CNCCNS(=O)(=O)c1ccccc1. The zero-order valence-corrected chi connectivity index (χ0v) is 15.5. The lowest BCUT2D eigenvalue weighted by atomic mass is 10.2. The van der Waals surface area contributed by atoms with Crippen molar-refractivity contribution in [3.8, 4) is 5.75 Å². The number of ether oxygens (including phenoxy) is 1. The molecule has 0 aliphatic heterocycles. The van der Waals surface area contributed by atoms with Crippen LogP contribution in [-0.2, 0) is 10.0 Å². The van der Waals surface area contributed by atoms with Crippen LogP contribution in [0.1, 0.15) is 10.4 Å². The Hall–Kier alpha value is -2.46. The lowest BCUT2D eigenvalue weighted by Crippen LogP contribution is -2.37. The number of nitrogens with one attached hydrogen (secondary N) is 2. The number of carbonyl (C=O) groups excluding carboxylic acids is 1. The number of hydrogen-bond acceptors (Lipinski definition) is 6. The summed E-state index contributed by atoms with van der Waals surface area (Å²) in [6.07, 6.45) is -0.836. The van der Waals surface area contributed by atoms with Crippen LogP contribution in [0, 0.1) is 0 Å². The van der Waals surface area contributed by atoms with Crippen molar-refractivity contribution in [2.75, 3.05) is 26.2 Å². The van der Waals surface area contributed by atoms with Gasteiger partial charge in [-0.25, -0.2) is 13.1 Å². The summed E-state index contributed by atoms with van der Waals surface area (Å²) in [6.45, 7) is 0.676. The summed E-state index contributed by atoms with van der Waals surface area (Å²) in [5.41, 5.74) is 5.51. The first kappa shape index (κ1) is 20.8. The van der Waals surface area contributed by atoms with E-state index in [9.17, 15) is 18.3 Å². The van der Waals surface area contributed by atoms with E-state index in [0.717, 1.165) is 0 Å². The summed E-state index contributed by atoms with van der Waals surface area (Å²) >= 11 is 0. The number of rotatable bonds is 11. The van der Waals surface area contributed by atoms with E-state index in [0.29, 0.717) is 12.3 Å². The third kappa shape index (κ3) is 6.65. The summed E-state index contributed by atoms with van der Waals surface area (Å²) in [4.78, 5) is 11.5. The maximum atomic E-state index is 12.0. The molecule has 27 heavy (non-hydrogen) atoms. The van der Waals surface area contributed by atoms with Gasteiger partial charge in [-0.05, 0) is 24.3 Å². The number of aliphatic hydroxyl groups is 1. The number of primary amides is 1. The zero-order valence-electron chi connectivity index (χ0n) is 14.7. The molecule has 0 saturated heterocycles. The van der Waals surface area contributed by atoms with Gasteiger partial charge in [0.15, 0.2) is 0 Å². The van der Waals surface area contributed by atoms with Crippen molar-refractivity contribution in [1.29, 1.82) is 0 Å². The highest BCUT2D eigenvalue weighted by molar-refractivity contribution is 7.89. The van der Waals surface area contributed by atoms with Gasteiger partial charge in [0, 0.05) is 19.6 Å². The van der Waals surface area contributed by atoms with Gasteiger partial charge in [-0.15, -0.1) is 0 Å². The number of sulfonamides is 1. The molecule has 2 aromatic rings. The summed E-state index contributed by atoms with van der Waals surface area (Å²) < 4.78 is 32.0. The first-order chi connectivity index (χ1) is 12.9. The van der Waals surface area contributed by atoms with Crippen LogP contribution in [0.4, 0.5) is 0 Å². The molecule has 0 heterocycles. The minimum absolute atomic E-state index is 0.0347. The van der Waals surface area contributed by atoms with Crippen molar-refractivity contribution in [3.05, 3.63) is 60.2 Å². The smallest absolute Gasteiger partial charge is 0.252 e. The van der Waals surface area contributed by atoms with E-state index >= 15 is 0 Å². The Morgan fingerprint density at radius 3 is 2.44 bits per heavy atom. The van der Waals surface area contributed by atoms with E-state index in [2.05, 4.69) is 10.0 Å². The molecule has 1 atom stereocenters. The summed E-state index contributed by atoms with van der Waals surface area (Å²) in [6, 6.07) is 14.6. The van der Waals surface area contributed by atoms with Crippen molar-refractivity contribution in [1.82, 2.24) is 10.0 Å². The number of carbonyl (C=O) groups is 1. The molecule has 0 aliphatic rings. The van der Waals surface area contributed by atoms with E-state index in [1.165, 1.54) is 12.1 Å². The fourth-order valence-corrected chi connectivity index (χ4v) is 3.32. The summed E-state index contributed by atoms with van der Waals surface area (Å²) in [5.74, 6) is -0.302. The zero-order chi connectivity index (χ0) is 19.7. The molecule has 0 aliphatic carbocycles. The fraction of sp³-hybridized carbons (Fsp3) is 0.278. The van der Waals surface area contributed by atoms with E-state index in [-0.39, 0.29) is 30.2 Å². The second-order valence-corrected chi connectivity index (χ2v) is 7.51. The molecule has 8 nitrogen and oxygen atoms in total. The molecule has 0 aromatic heterocycles. The highest BCUT2D eigenvalue weighted by Gasteiger charge is 2.13. The molecule has 0 spiro atoms. The van der Waals surface area contributed by atoms with Crippen LogP contribution in [0.15, 0.2) is 59.5 Å². The van der Waals surface area contributed by atoms with Crippen LogP contribution in [0.5, 0.6) is 5.75 Å². The number of aliphatic hydroxyl groups excluding tert-OH is 1. The van der Waals surface area contributed by atoms with E-state index in [1.54, 1.807) is 42.5 Å². The van der Waals surface area contributed by atoms with Crippen LogP contribution in [-0.4, -0.2) is 51.8 Å². The maximum absolute atomic E-state index is 12.0. The molecule has 1 amide bonds. The third-order valence-electron chi connectivity index (χ3n) is 3.61. The van der Waals surface area contributed by atoms with Gasteiger partial charge in [-0.3, -0.25) is 4.79 Å². The predicted octanol–water partition coefficient (Wildman–Crippen LogP) is 0.0933. The standard InChI is InChI=1S/C18H23N3O5S/c19-18(23)16-8-4-5-9-17(16)26-13-14(22)12-20-10-11-21-27(24,25)15-6-2-1-3-7-15/h1-9,14,20-22H,10-13H2,(H2,19,23). The van der Waals surface area contributed by atoms with Crippen LogP contribution in [0.2, 0.25) is 0 Å². The molecule has 0 saturated carbocycles. The molecule has 0 fully saturated rings. The quantitative estimate of drug-likeness (QED) is 0.400. The Bertz CT molecular complexity index is 843. The molecular weight excluding hydrogens is 370 g/mol. The van der Waals surface area contributed by atoms with Gasteiger partial charge in [0.05, 0.1) is 10.5 Å². The molecule has 146 valence electrons. The van der Waals surface area contributed by atoms with Crippen molar-refractivity contribution in [2.45, 2.75) is 11.0 Å². The van der Waals surface area contributed by atoms with Gasteiger partial charge in [0.1, 0.15) is 18.5 Å². The topological polar surface area (TPSA) is 131 Å². The number of benzene rings is 2. The third-order valence-corrected chi connectivity index (χ3v) is 5.09. The van der Waals surface area contributed by atoms with Crippen molar-refractivity contribution < 1.29 is 23.1 Å².